The van der Waals surface area contributed by atoms with Crippen molar-refractivity contribution in [1.82, 2.24) is 0 Å². The third-order valence-electron chi connectivity index (χ3n) is 3.48. The summed E-state index contributed by atoms with van der Waals surface area (Å²) in [7, 11) is 3.33. The van der Waals surface area contributed by atoms with E-state index in [2.05, 4.69) is 19.9 Å². The average molecular weight is 271 g/mol. The second-order valence-electron chi connectivity index (χ2n) is 4.95. The highest BCUT2D eigenvalue weighted by atomic mass is 16.5. The van der Waals surface area contributed by atoms with Gasteiger partial charge in [-0.3, -0.25) is 0 Å². The predicted octanol–water partition coefficient (Wildman–Crippen LogP) is 3.37. The molecule has 2 rings (SSSR count). The van der Waals surface area contributed by atoms with E-state index in [1.807, 2.05) is 30.3 Å². The van der Waals surface area contributed by atoms with Crippen LogP contribution < -0.4 is 15.2 Å². The molecule has 3 nitrogen and oxygen atoms in total. The molecule has 0 radical (unpaired) electrons. The maximum absolute atomic E-state index is 6.43. The van der Waals surface area contributed by atoms with Gasteiger partial charge in [0.2, 0.25) is 0 Å². The third-order valence-corrected chi connectivity index (χ3v) is 3.48. The van der Waals surface area contributed by atoms with Gasteiger partial charge in [-0.25, -0.2) is 0 Å². The van der Waals surface area contributed by atoms with Gasteiger partial charge in [0, 0.05) is 5.56 Å². The van der Waals surface area contributed by atoms with E-state index < -0.39 is 0 Å². The first-order chi connectivity index (χ1) is 9.56. The van der Waals surface area contributed by atoms with Gasteiger partial charge in [0.15, 0.2) is 0 Å². The van der Waals surface area contributed by atoms with Crippen LogP contribution in [0.25, 0.3) is 0 Å². The molecule has 0 fully saturated rings. The van der Waals surface area contributed by atoms with E-state index in [4.69, 9.17) is 15.2 Å². The van der Waals surface area contributed by atoms with Crippen LogP contribution in [-0.2, 0) is 0 Å². The molecule has 2 aromatic carbocycles. The Hall–Kier alpha value is -2.00. The van der Waals surface area contributed by atoms with Crippen LogP contribution in [0.2, 0.25) is 0 Å². The van der Waals surface area contributed by atoms with Crippen molar-refractivity contribution in [3.8, 4) is 11.5 Å². The average Bonchev–Trinajstić information content (AvgIpc) is 2.45. The smallest absolute Gasteiger partial charge is 0.124 e. The molecule has 20 heavy (non-hydrogen) atoms. The minimum absolute atomic E-state index is 0.236. The summed E-state index contributed by atoms with van der Waals surface area (Å²) >= 11 is 0. The number of aryl methyl sites for hydroxylation is 2. The lowest BCUT2D eigenvalue weighted by Gasteiger charge is -2.20. The van der Waals surface area contributed by atoms with E-state index in [1.54, 1.807) is 14.2 Å². The molecule has 1 atom stereocenters. The summed E-state index contributed by atoms with van der Waals surface area (Å²) in [6.45, 7) is 4.11. The summed E-state index contributed by atoms with van der Waals surface area (Å²) in [5.74, 6) is 1.64. The highest BCUT2D eigenvalue weighted by Crippen LogP contribution is 2.33. The Labute approximate surface area is 120 Å². The monoisotopic (exact) mass is 271 g/mol. The summed E-state index contributed by atoms with van der Waals surface area (Å²) in [6, 6.07) is 11.7. The first-order valence-corrected chi connectivity index (χ1v) is 6.61. The minimum atomic E-state index is -0.236. The zero-order valence-corrected chi connectivity index (χ0v) is 12.4. The van der Waals surface area contributed by atoms with Crippen LogP contribution in [0.4, 0.5) is 0 Å². The van der Waals surface area contributed by atoms with Crippen molar-refractivity contribution in [2.24, 2.45) is 5.73 Å². The normalized spacial score (nSPS) is 12.1. The summed E-state index contributed by atoms with van der Waals surface area (Å²) in [5.41, 5.74) is 10.8. The molecule has 0 aliphatic rings. The fraction of sp³-hybridized carbons (Fsp3) is 0.294. The van der Waals surface area contributed by atoms with E-state index in [9.17, 15) is 0 Å². The van der Waals surface area contributed by atoms with Crippen LogP contribution >= 0.6 is 0 Å². The Balaban J connectivity index is 2.49. The van der Waals surface area contributed by atoms with Gasteiger partial charge >= 0.3 is 0 Å². The number of hydrogen-bond donors (Lipinski definition) is 1. The highest BCUT2D eigenvalue weighted by Gasteiger charge is 2.17. The summed E-state index contributed by atoms with van der Waals surface area (Å²) in [4.78, 5) is 0. The van der Waals surface area contributed by atoms with Gasteiger partial charge in [0.05, 0.1) is 20.3 Å². The lowest BCUT2D eigenvalue weighted by Crippen LogP contribution is -2.15. The number of rotatable bonds is 4. The molecular formula is C17H21NO2. The quantitative estimate of drug-likeness (QED) is 0.927. The Morgan fingerprint density at radius 1 is 1.00 bits per heavy atom. The van der Waals surface area contributed by atoms with Crippen LogP contribution in [0.5, 0.6) is 11.5 Å². The second kappa shape index (κ2) is 5.97. The molecule has 0 saturated heterocycles. The maximum atomic E-state index is 6.43. The zero-order chi connectivity index (χ0) is 14.7. The van der Waals surface area contributed by atoms with Gasteiger partial charge in [0.25, 0.3) is 0 Å². The first kappa shape index (κ1) is 14.4. The largest absolute Gasteiger partial charge is 0.497 e. The molecule has 106 valence electrons. The molecule has 0 aliphatic carbocycles. The van der Waals surface area contributed by atoms with Gasteiger partial charge < -0.3 is 15.2 Å². The number of ether oxygens (including phenoxy) is 2. The van der Waals surface area contributed by atoms with E-state index in [-0.39, 0.29) is 6.04 Å². The van der Waals surface area contributed by atoms with E-state index in [0.29, 0.717) is 0 Å². The topological polar surface area (TPSA) is 44.5 Å². The van der Waals surface area contributed by atoms with Gasteiger partial charge in [-0.1, -0.05) is 18.2 Å². The van der Waals surface area contributed by atoms with E-state index in [1.165, 1.54) is 5.56 Å². The molecule has 0 heterocycles. The van der Waals surface area contributed by atoms with E-state index >= 15 is 0 Å². The Morgan fingerprint density at radius 2 is 1.75 bits per heavy atom. The van der Waals surface area contributed by atoms with Crippen LogP contribution in [0.1, 0.15) is 28.3 Å². The standard InChI is InChI=1S/C17H21NO2/c1-11-8-12(2)16(15(9-11)20-4)17(18)13-6-5-7-14(10-13)19-3/h5-10,17H,18H2,1-4H3. The number of methoxy groups -OCH3 is 2. The molecule has 0 saturated carbocycles. The summed E-state index contributed by atoms with van der Waals surface area (Å²) in [5, 5.41) is 0. The van der Waals surface area contributed by atoms with Crippen molar-refractivity contribution in [3.05, 3.63) is 58.7 Å². The third kappa shape index (κ3) is 2.78. The number of nitrogens with two attached hydrogens (primary N) is 1. The van der Waals surface area contributed by atoms with Crippen LogP contribution in [0.3, 0.4) is 0 Å². The van der Waals surface area contributed by atoms with Gasteiger partial charge in [-0.2, -0.15) is 0 Å². The first-order valence-electron chi connectivity index (χ1n) is 6.61. The second-order valence-corrected chi connectivity index (χ2v) is 4.95. The van der Waals surface area contributed by atoms with Crippen molar-refractivity contribution in [2.45, 2.75) is 19.9 Å². The molecule has 0 bridgehead atoms. The zero-order valence-electron chi connectivity index (χ0n) is 12.4. The van der Waals surface area contributed by atoms with Gasteiger partial charge in [-0.15, -0.1) is 0 Å². The van der Waals surface area contributed by atoms with Crippen molar-refractivity contribution in [2.75, 3.05) is 14.2 Å². The molecule has 0 spiro atoms. The Kier molecular flexibility index (Phi) is 4.30. The molecule has 2 aromatic rings. The van der Waals surface area contributed by atoms with E-state index in [0.717, 1.165) is 28.2 Å². The lowest BCUT2D eigenvalue weighted by molar-refractivity contribution is 0.406. The molecule has 0 amide bonds. The predicted molar refractivity (Wildman–Crippen MR) is 81.5 cm³/mol. The Bertz CT molecular complexity index is 608. The van der Waals surface area contributed by atoms with Crippen molar-refractivity contribution in [1.29, 1.82) is 0 Å². The molecule has 3 heteroatoms. The van der Waals surface area contributed by atoms with Crippen molar-refractivity contribution in [3.63, 3.8) is 0 Å². The Morgan fingerprint density at radius 3 is 2.40 bits per heavy atom. The number of hydrogen-bond acceptors (Lipinski definition) is 3. The van der Waals surface area contributed by atoms with Gasteiger partial charge in [-0.05, 0) is 48.7 Å². The fourth-order valence-electron chi connectivity index (χ4n) is 2.51. The molecule has 0 aromatic heterocycles. The van der Waals surface area contributed by atoms with Crippen LogP contribution in [-0.4, -0.2) is 14.2 Å². The van der Waals surface area contributed by atoms with Crippen LogP contribution in [0.15, 0.2) is 36.4 Å². The van der Waals surface area contributed by atoms with Crippen molar-refractivity contribution < 1.29 is 9.47 Å². The fourth-order valence-corrected chi connectivity index (χ4v) is 2.51. The van der Waals surface area contributed by atoms with Gasteiger partial charge in [0.1, 0.15) is 11.5 Å². The molecule has 2 N–H and O–H groups in total. The number of benzene rings is 2. The summed E-state index contributed by atoms with van der Waals surface area (Å²) < 4.78 is 10.8. The molecular weight excluding hydrogens is 250 g/mol. The van der Waals surface area contributed by atoms with Crippen LogP contribution in [0, 0.1) is 13.8 Å². The lowest BCUT2D eigenvalue weighted by atomic mass is 9.93. The molecule has 0 aliphatic heterocycles. The SMILES string of the molecule is COc1cccc(C(N)c2c(C)cc(C)cc2OC)c1. The highest BCUT2D eigenvalue weighted by molar-refractivity contribution is 5.49. The van der Waals surface area contributed by atoms with Crippen molar-refractivity contribution >= 4 is 0 Å². The minimum Gasteiger partial charge on any atom is -0.497 e. The summed E-state index contributed by atoms with van der Waals surface area (Å²) in [6.07, 6.45) is 0. The maximum Gasteiger partial charge on any atom is 0.124 e. The molecule has 1 unspecified atom stereocenters.